The van der Waals surface area contributed by atoms with Gasteiger partial charge in [-0.1, -0.05) is 41.9 Å². The third-order valence-electron chi connectivity index (χ3n) is 4.12. The monoisotopic (exact) mass is 339 g/mol. The maximum absolute atomic E-state index is 12.7. The maximum Gasteiger partial charge on any atom is 0.169 e. The minimum Gasteiger partial charge on any atom is -0.350 e. The highest BCUT2D eigenvalue weighted by atomic mass is 35.5. The Bertz CT molecular complexity index is 940. The van der Waals surface area contributed by atoms with Crippen LogP contribution in [0.1, 0.15) is 28.4 Å². The largest absolute Gasteiger partial charge is 0.350 e. The molecule has 1 aromatic heterocycles. The van der Waals surface area contributed by atoms with Gasteiger partial charge in [0.15, 0.2) is 5.78 Å². The number of benzene rings is 2. The van der Waals surface area contributed by atoms with Crippen LogP contribution < -0.4 is 0 Å². The molecule has 0 N–H and O–H groups in total. The zero-order valence-electron chi connectivity index (χ0n) is 13.7. The van der Waals surface area contributed by atoms with Gasteiger partial charge in [-0.3, -0.25) is 9.59 Å². The predicted molar refractivity (Wildman–Crippen MR) is 96.8 cm³/mol. The Hall–Kier alpha value is -2.39. The van der Waals surface area contributed by atoms with Crippen molar-refractivity contribution in [3.63, 3.8) is 0 Å². The van der Waals surface area contributed by atoms with Crippen LogP contribution >= 0.6 is 11.6 Å². The Morgan fingerprint density at radius 1 is 1.08 bits per heavy atom. The van der Waals surface area contributed by atoms with E-state index in [2.05, 4.69) is 0 Å². The quantitative estimate of drug-likeness (QED) is 0.647. The lowest BCUT2D eigenvalue weighted by Gasteiger charge is -2.06. The number of hydrogen-bond donors (Lipinski definition) is 0. The number of rotatable bonds is 5. The molecule has 0 fully saturated rings. The van der Waals surface area contributed by atoms with E-state index in [-0.39, 0.29) is 18.0 Å². The second kappa shape index (κ2) is 6.62. The first-order valence-electron chi connectivity index (χ1n) is 7.79. The molecule has 0 saturated heterocycles. The van der Waals surface area contributed by atoms with Crippen LogP contribution in [0.15, 0.2) is 48.7 Å². The molecule has 3 rings (SSSR count). The number of Topliss-reactive ketones (excluding diaryl/α,β-unsaturated/α-hetero) is 2. The number of nitrogens with zero attached hydrogens (tertiary/aromatic N) is 1. The number of para-hydroxylation sites is 1. The predicted octanol–water partition coefficient (Wildman–Crippen LogP) is 4.39. The zero-order valence-corrected chi connectivity index (χ0v) is 14.4. The highest BCUT2D eigenvalue weighted by molar-refractivity contribution is 6.31. The van der Waals surface area contributed by atoms with Gasteiger partial charge in [0.25, 0.3) is 0 Å². The Morgan fingerprint density at radius 2 is 1.83 bits per heavy atom. The maximum atomic E-state index is 12.7. The van der Waals surface area contributed by atoms with Crippen LogP contribution in [0.3, 0.4) is 0 Å². The number of halogens is 1. The molecule has 3 nitrogen and oxygen atoms in total. The van der Waals surface area contributed by atoms with Crippen LogP contribution in [0.25, 0.3) is 10.9 Å². The topological polar surface area (TPSA) is 39.1 Å². The van der Waals surface area contributed by atoms with E-state index in [4.69, 9.17) is 11.6 Å². The molecule has 0 bridgehead atoms. The van der Waals surface area contributed by atoms with Crippen molar-refractivity contribution in [2.45, 2.75) is 19.8 Å². The minimum absolute atomic E-state index is 0.0352. The fourth-order valence-corrected chi connectivity index (χ4v) is 3.23. The molecule has 4 heteroatoms. The third-order valence-corrected chi connectivity index (χ3v) is 4.47. The smallest absolute Gasteiger partial charge is 0.169 e. The van der Waals surface area contributed by atoms with Gasteiger partial charge in [0.1, 0.15) is 5.78 Å². The first-order valence-corrected chi connectivity index (χ1v) is 8.17. The average Bonchev–Trinajstić information content (AvgIpc) is 2.87. The van der Waals surface area contributed by atoms with Crippen molar-refractivity contribution in [2.24, 2.45) is 7.05 Å². The standard InChI is InChI=1S/C20H18ClNO2/c1-13(23)9-14-7-8-15(18(21)10-14)11-20(24)17-12-22(2)19-6-4-3-5-16(17)19/h3-8,10,12H,9,11H2,1-2H3. The highest BCUT2D eigenvalue weighted by Crippen LogP contribution is 2.24. The lowest BCUT2D eigenvalue weighted by molar-refractivity contribution is -0.116. The molecule has 0 atom stereocenters. The molecule has 0 unspecified atom stereocenters. The summed E-state index contributed by atoms with van der Waals surface area (Å²) in [6.07, 6.45) is 2.47. The third kappa shape index (κ3) is 3.26. The summed E-state index contributed by atoms with van der Waals surface area (Å²) in [7, 11) is 1.93. The second-order valence-corrected chi connectivity index (χ2v) is 6.48. The van der Waals surface area contributed by atoms with Gasteiger partial charge in [-0.05, 0) is 30.2 Å². The SMILES string of the molecule is CC(=O)Cc1ccc(CC(=O)c2cn(C)c3ccccc23)c(Cl)c1. The van der Waals surface area contributed by atoms with Gasteiger partial charge in [0.05, 0.1) is 0 Å². The minimum atomic E-state index is 0.0352. The Kier molecular flexibility index (Phi) is 4.54. The normalized spacial score (nSPS) is 11.0. The molecule has 3 aromatic rings. The molecule has 0 aliphatic carbocycles. The van der Waals surface area contributed by atoms with E-state index in [0.29, 0.717) is 17.0 Å². The van der Waals surface area contributed by atoms with E-state index in [9.17, 15) is 9.59 Å². The summed E-state index contributed by atoms with van der Waals surface area (Å²) >= 11 is 6.30. The Morgan fingerprint density at radius 3 is 2.54 bits per heavy atom. The summed E-state index contributed by atoms with van der Waals surface area (Å²) in [6, 6.07) is 13.3. The van der Waals surface area contributed by atoms with Crippen LogP contribution in [0.5, 0.6) is 0 Å². The number of aryl methyl sites for hydroxylation is 1. The number of fused-ring (bicyclic) bond motifs is 1. The molecule has 0 radical (unpaired) electrons. The van der Waals surface area contributed by atoms with Crippen LogP contribution in [0, 0.1) is 0 Å². The van der Waals surface area contributed by atoms with Crippen molar-refractivity contribution >= 4 is 34.1 Å². The van der Waals surface area contributed by atoms with Crippen molar-refractivity contribution in [1.29, 1.82) is 0 Å². The van der Waals surface area contributed by atoms with Gasteiger partial charge in [0.2, 0.25) is 0 Å². The van der Waals surface area contributed by atoms with Crippen molar-refractivity contribution in [3.05, 3.63) is 70.4 Å². The van der Waals surface area contributed by atoms with Crippen LogP contribution in [-0.4, -0.2) is 16.1 Å². The van der Waals surface area contributed by atoms with Crippen molar-refractivity contribution in [3.8, 4) is 0 Å². The van der Waals surface area contributed by atoms with Gasteiger partial charge in [0, 0.05) is 47.6 Å². The van der Waals surface area contributed by atoms with E-state index >= 15 is 0 Å². The molecule has 0 spiro atoms. The van der Waals surface area contributed by atoms with Crippen molar-refractivity contribution < 1.29 is 9.59 Å². The lowest BCUT2D eigenvalue weighted by atomic mass is 10.0. The number of aromatic nitrogens is 1. The molecule has 122 valence electrons. The summed E-state index contributed by atoms with van der Waals surface area (Å²) in [4.78, 5) is 23.9. The molecule has 0 aliphatic rings. The van der Waals surface area contributed by atoms with Crippen LogP contribution in [0.4, 0.5) is 0 Å². The molecule has 2 aromatic carbocycles. The number of hydrogen-bond acceptors (Lipinski definition) is 2. The fourth-order valence-electron chi connectivity index (χ4n) is 2.96. The molecule has 24 heavy (non-hydrogen) atoms. The summed E-state index contributed by atoms with van der Waals surface area (Å²) in [6.45, 7) is 1.55. The van der Waals surface area contributed by atoms with Crippen molar-refractivity contribution in [1.82, 2.24) is 4.57 Å². The van der Waals surface area contributed by atoms with Gasteiger partial charge in [-0.15, -0.1) is 0 Å². The lowest BCUT2D eigenvalue weighted by Crippen LogP contribution is -2.04. The number of carbonyl (C=O) groups is 2. The molecular weight excluding hydrogens is 322 g/mol. The highest BCUT2D eigenvalue weighted by Gasteiger charge is 2.15. The van der Waals surface area contributed by atoms with Gasteiger partial charge in [-0.2, -0.15) is 0 Å². The van der Waals surface area contributed by atoms with Crippen LogP contribution in [0.2, 0.25) is 5.02 Å². The van der Waals surface area contributed by atoms with E-state index in [1.807, 2.05) is 54.2 Å². The van der Waals surface area contributed by atoms with E-state index < -0.39 is 0 Å². The summed E-state index contributed by atoms with van der Waals surface area (Å²) in [5.41, 5.74) is 3.39. The first kappa shape index (κ1) is 16.5. The zero-order chi connectivity index (χ0) is 17.3. The second-order valence-electron chi connectivity index (χ2n) is 6.08. The Balaban J connectivity index is 1.88. The van der Waals surface area contributed by atoms with E-state index in [0.717, 1.165) is 22.0 Å². The fraction of sp³-hybridized carbons (Fsp3) is 0.200. The van der Waals surface area contributed by atoms with Gasteiger partial charge < -0.3 is 4.57 Å². The molecule has 1 heterocycles. The molecule has 0 aliphatic heterocycles. The summed E-state index contributed by atoms with van der Waals surface area (Å²) in [5.74, 6) is 0.124. The Labute approximate surface area is 145 Å². The molecule has 0 amide bonds. The number of ketones is 2. The molecule has 0 saturated carbocycles. The van der Waals surface area contributed by atoms with Crippen molar-refractivity contribution in [2.75, 3.05) is 0 Å². The van der Waals surface area contributed by atoms with Gasteiger partial charge in [-0.25, -0.2) is 0 Å². The van der Waals surface area contributed by atoms with E-state index in [1.165, 1.54) is 0 Å². The number of carbonyl (C=O) groups excluding carboxylic acids is 2. The summed E-state index contributed by atoms with van der Waals surface area (Å²) in [5, 5.41) is 1.48. The van der Waals surface area contributed by atoms with Gasteiger partial charge >= 0.3 is 0 Å². The first-order chi connectivity index (χ1) is 11.5. The van der Waals surface area contributed by atoms with Crippen LogP contribution in [-0.2, 0) is 24.7 Å². The van der Waals surface area contributed by atoms with E-state index in [1.54, 1.807) is 13.0 Å². The summed E-state index contributed by atoms with van der Waals surface area (Å²) < 4.78 is 1.96. The average molecular weight is 340 g/mol. The molecular formula is C20H18ClNO2.